The van der Waals surface area contributed by atoms with E-state index in [9.17, 15) is 22.8 Å². The Kier molecular flexibility index (Phi) is 7.17. The number of amides is 1. The van der Waals surface area contributed by atoms with Gasteiger partial charge in [-0.1, -0.05) is 49.4 Å². The molecule has 5 nitrogen and oxygen atoms in total. The minimum absolute atomic E-state index is 0.00681. The largest absolute Gasteiger partial charge is 0.481 e. The third kappa shape index (κ3) is 6.38. The number of alkyl halides is 3. The van der Waals surface area contributed by atoms with Gasteiger partial charge >= 0.3 is 12.1 Å². The first-order valence-electron chi connectivity index (χ1n) is 8.51. The smallest absolute Gasteiger partial charge is 0.433 e. The molecule has 0 fully saturated rings. The SMILES string of the molecule is CC(Cc1cccc(C(=O)NC(OCc2ccccc2)C(F)(F)F)c1)C(=O)O. The van der Waals surface area contributed by atoms with Gasteiger partial charge in [0, 0.05) is 5.56 Å². The normalized spacial score (nSPS) is 13.6. The first-order chi connectivity index (χ1) is 13.2. The number of carbonyl (C=O) groups excluding carboxylic acids is 1. The summed E-state index contributed by atoms with van der Waals surface area (Å²) < 4.78 is 44.6. The van der Waals surface area contributed by atoms with Crippen LogP contribution in [0.15, 0.2) is 54.6 Å². The summed E-state index contributed by atoms with van der Waals surface area (Å²) in [5, 5.41) is 10.8. The standard InChI is InChI=1S/C20H20F3NO4/c1-13(18(26)27)10-15-8-5-9-16(11-15)17(25)24-19(20(21,22)23)28-12-14-6-3-2-4-7-14/h2-9,11,13,19H,10,12H2,1H3,(H,24,25)(H,26,27). The third-order valence-electron chi connectivity index (χ3n) is 3.97. The maximum Gasteiger partial charge on any atom is 0.433 e. The summed E-state index contributed by atoms with van der Waals surface area (Å²) in [5.41, 5.74) is 1.07. The molecule has 0 radical (unpaired) electrons. The number of ether oxygens (including phenoxy) is 1. The molecule has 2 unspecified atom stereocenters. The molecule has 2 N–H and O–H groups in total. The minimum Gasteiger partial charge on any atom is -0.481 e. The molecule has 0 saturated heterocycles. The molecule has 0 aliphatic carbocycles. The van der Waals surface area contributed by atoms with E-state index < -0.39 is 30.2 Å². The summed E-state index contributed by atoms with van der Waals surface area (Å²) in [4.78, 5) is 23.2. The van der Waals surface area contributed by atoms with Gasteiger partial charge in [-0.05, 0) is 29.7 Å². The van der Waals surface area contributed by atoms with E-state index in [2.05, 4.69) is 0 Å². The fraction of sp³-hybridized carbons (Fsp3) is 0.300. The van der Waals surface area contributed by atoms with Crippen LogP contribution in [0.5, 0.6) is 0 Å². The second kappa shape index (κ2) is 9.36. The Labute approximate surface area is 160 Å². The van der Waals surface area contributed by atoms with Crippen LogP contribution in [0.3, 0.4) is 0 Å². The van der Waals surface area contributed by atoms with E-state index in [0.29, 0.717) is 11.1 Å². The molecule has 0 spiro atoms. The maximum atomic E-state index is 13.2. The van der Waals surface area contributed by atoms with Gasteiger partial charge in [0.05, 0.1) is 12.5 Å². The summed E-state index contributed by atoms with van der Waals surface area (Å²) in [7, 11) is 0. The number of benzene rings is 2. The number of hydrogen-bond donors (Lipinski definition) is 2. The fourth-order valence-electron chi connectivity index (χ4n) is 2.45. The lowest BCUT2D eigenvalue weighted by Crippen LogP contribution is -2.47. The van der Waals surface area contributed by atoms with Gasteiger partial charge in [-0.2, -0.15) is 13.2 Å². The Morgan fingerprint density at radius 2 is 1.71 bits per heavy atom. The second-order valence-corrected chi connectivity index (χ2v) is 6.34. The molecular weight excluding hydrogens is 375 g/mol. The number of rotatable bonds is 8. The van der Waals surface area contributed by atoms with Gasteiger partial charge in [-0.25, -0.2) is 0 Å². The molecule has 150 valence electrons. The molecule has 2 aromatic carbocycles. The molecule has 0 bridgehead atoms. The highest BCUT2D eigenvalue weighted by Gasteiger charge is 2.42. The first-order valence-corrected chi connectivity index (χ1v) is 8.51. The zero-order chi connectivity index (χ0) is 20.7. The molecule has 0 saturated carbocycles. The van der Waals surface area contributed by atoms with Crippen molar-refractivity contribution in [2.24, 2.45) is 5.92 Å². The van der Waals surface area contributed by atoms with Crippen LogP contribution in [0.2, 0.25) is 0 Å². The van der Waals surface area contributed by atoms with Gasteiger partial charge in [0.25, 0.3) is 5.91 Å². The molecule has 2 atom stereocenters. The molecule has 0 aliphatic rings. The third-order valence-corrected chi connectivity index (χ3v) is 3.97. The molecule has 28 heavy (non-hydrogen) atoms. The summed E-state index contributed by atoms with van der Waals surface area (Å²) >= 11 is 0. The van der Waals surface area contributed by atoms with E-state index in [0.717, 1.165) is 0 Å². The predicted molar refractivity (Wildman–Crippen MR) is 95.5 cm³/mol. The van der Waals surface area contributed by atoms with Crippen LogP contribution in [-0.2, 0) is 22.6 Å². The average Bonchev–Trinajstić information content (AvgIpc) is 2.65. The summed E-state index contributed by atoms with van der Waals surface area (Å²) in [5.74, 6) is -2.64. The zero-order valence-electron chi connectivity index (χ0n) is 15.1. The van der Waals surface area contributed by atoms with E-state index in [1.165, 1.54) is 25.1 Å². The Morgan fingerprint density at radius 1 is 1.07 bits per heavy atom. The van der Waals surface area contributed by atoms with Crippen LogP contribution in [0, 0.1) is 5.92 Å². The molecule has 0 aliphatic heterocycles. The average molecular weight is 395 g/mol. The van der Waals surface area contributed by atoms with E-state index in [1.54, 1.807) is 36.4 Å². The topological polar surface area (TPSA) is 75.6 Å². The lowest BCUT2D eigenvalue weighted by atomic mass is 9.99. The Balaban J connectivity index is 2.07. The van der Waals surface area contributed by atoms with Gasteiger partial charge in [0.2, 0.25) is 6.23 Å². The quantitative estimate of drug-likeness (QED) is 0.667. The second-order valence-electron chi connectivity index (χ2n) is 6.34. The van der Waals surface area contributed by atoms with Crippen molar-refractivity contribution in [1.82, 2.24) is 5.32 Å². The van der Waals surface area contributed by atoms with Gasteiger partial charge in [0.15, 0.2) is 0 Å². The zero-order valence-corrected chi connectivity index (χ0v) is 15.1. The predicted octanol–water partition coefficient (Wildman–Crippen LogP) is 3.78. The molecule has 0 heterocycles. The van der Waals surface area contributed by atoms with Gasteiger partial charge in [0.1, 0.15) is 0 Å². The first kappa shape index (κ1) is 21.4. The van der Waals surface area contributed by atoms with Gasteiger partial charge < -0.3 is 15.2 Å². The van der Waals surface area contributed by atoms with Crippen molar-refractivity contribution >= 4 is 11.9 Å². The summed E-state index contributed by atoms with van der Waals surface area (Å²) in [6, 6.07) is 14.1. The number of aliphatic carboxylic acids is 1. The molecule has 2 aromatic rings. The lowest BCUT2D eigenvalue weighted by molar-refractivity contribution is -0.230. The Bertz CT molecular complexity index is 809. The van der Waals surface area contributed by atoms with Crippen molar-refractivity contribution < 1.29 is 32.6 Å². The van der Waals surface area contributed by atoms with Crippen molar-refractivity contribution in [3.63, 3.8) is 0 Å². The summed E-state index contributed by atoms with van der Waals surface area (Å²) in [6.45, 7) is 1.19. The summed E-state index contributed by atoms with van der Waals surface area (Å²) in [6.07, 6.45) is -7.11. The highest BCUT2D eigenvalue weighted by molar-refractivity contribution is 5.94. The van der Waals surface area contributed by atoms with Crippen LogP contribution < -0.4 is 5.32 Å². The number of halogens is 3. The number of carboxylic acids is 1. The Morgan fingerprint density at radius 3 is 2.32 bits per heavy atom. The number of carboxylic acid groups (broad SMARTS) is 1. The van der Waals surface area contributed by atoms with Gasteiger partial charge in [-0.15, -0.1) is 0 Å². The van der Waals surface area contributed by atoms with Crippen LogP contribution in [-0.4, -0.2) is 29.4 Å². The lowest BCUT2D eigenvalue weighted by Gasteiger charge is -2.22. The molecule has 8 heteroatoms. The van der Waals surface area contributed by atoms with E-state index in [4.69, 9.17) is 9.84 Å². The van der Waals surface area contributed by atoms with Crippen molar-refractivity contribution in [2.45, 2.75) is 32.4 Å². The highest BCUT2D eigenvalue weighted by atomic mass is 19.4. The van der Waals surface area contributed by atoms with E-state index >= 15 is 0 Å². The molecule has 1 amide bonds. The van der Waals surface area contributed by atoms with Crippen molar-refractivity contribution in [3.8, 4) is 0 Å². The highest BCUT2D eigenvalue weighted by Crippen LogP contribution is 2.23. The Hall–Kier alpha value is -2.87. The van der Waals surface area contributed by atoms with E-state index in [-0.39, 0.29) is 18.6 Å². The van der Waals surface area contributed by atoms with Crippen LogP contribution in [0.1, 0.15) is 28.4 Å². The molecule has 2 rings (SSSR count). The van der Waals surface area contributed by atoms with Crippen molar-refractivity contribution in [3.05, 3.63) is 71.3 Å². The van der Waals surface area contributed by atoms with E-state index in [1.807, 2.05) is 5.32 Å². The molecule has 0 aromatic heterocycles. The van der Waals surface area contributed by atoms with Crippen LogP contribution in [0.4, 0.5) is 13.2 Å². The van der Waals surface area contributed by atoms with Crippen LogP contribution >= 0.6 is 0 Å². The van der Waals surface area contributed by atoms with Crippen molar-refractivity contribution in [1.29, 1.82) is 0 Å². The minimum atomic E-state index is -4.79. The van der Waals surface area contributed by atoms with Crippen molar-refractivity contribution in [2.75, 3.05) is 0 Å². The monoisotopic (exact) mass is 395 g/mol. The van der Waals surface area contributed by atoms with Crippen LogP contribution in [0.25, 0.3) is 0 Å². The maximum absolute atomic E-state index is 13.2. The number of nitrogens with one attached hydrogen (secondary N) is 1. The number of carbonyl (C=O) groups is 2. The molecular formula is C20H20F3NO4. The van der Waals surface area contributed by atoms with Gasteiger partial charge in [-0.3, -0.25) is 9.59 Å². The number of hydrogen-bond acceptors (Lipinski definition) is 3. The fourth-order valence-corrected chi connectivity index (χ4v) is 2.45.